The molecule has 1 saturated carbocycles. The first kappa shape index (κ1) is 9.48. The maximum atomic E-state index is 10.5. The van der Waals surface area contributed by atoms with Gasteiger partial charge < -0.3 is 16.2 Å². The van der Waals surface area contributed by atoms with E-state index in [2.05, 4.69) is 0 Å². The van der Waals surface area contributed by atoms with Crippen LogP contribution in [0.25, 0.3) is 0 Å². The highest BCUT2D eigenvalue weighted by atomic mass is 16.5. The van der Waals surface area contributed by atoms with Crippen LogP contribution in [0.1, 0.15) is 19.3 Å². The van der Waals surface area contributed by atoms with Crippen molar-refractivity contribution in [2.75, 3.05) is 7.11 Å². The molecule has 1 aliphatic rings. The number of hydrogen-bond acceptors (Lipinski definition) is 3. The molecular weight excluding hydrogens is 156 g/mol. The van der Waals surface area contributed by atoms with Crippen molar-refractivity contribution in [3.63, 3.8) is 0 Å². The van der Waals surface area contributed by atoms with Gasteiger partial charge in [-0.05, 0) is 18.8 Å². The van der Waals surface area contributed by atoms with E-state index in [-0.39, 0.29) is 11.9 Å². The third kappa shape index (κ3) is 2.19. The molecule has 0 aromatic heterocycles. The van der Waals surface area contributed by atoms with E-state index in [1.807, 2.05) is 0 Å². The Kier molecular flexibility index (Phi) is 3.05. The minimum absolute atomic E-state index is 0.0751. The van der Waals surface area contributed by atoms with E-state index in [0.29, 0.717) is 18.4 Å². The molecule has 0 aromatic rings. The molecule has 12 heavy (non-hydrogen) atoms. The zero-order valence-corrected chi connectivity index (χ0v) is 7.32. The second kappa shape index (κ2) is 3.87. The first-order chi connectivity index (χ1) is 5.63. The second-order valence-corrected chi connectivity index (χ2v) is 3.42. The van der Waals surface area contributed by atoms with Crippen LogP contribution in [0.4, 0.5) is 0 Å². The minimum Gasteiger partial charge on any atom is -0.381 e. The normalized spacial score (nSPS) is 30.8. The van der Waals surface area contributed by atoms with Gasteiger partial charge in [0.2, 0.25) is 5.91 Å². The largest absolute Gasteiger partial charge is 0.381 e. The molecule has 4 nitrogen and oxygen atoms in total. The lowest BCUT2D eigenvalue weighted by Gasteiger charge is -2.37. The van der Waals surface area contributed by atoms with Crippen molar-refractivity contribution in [3.8, 4) is 0 Å². The van der Waals surface area contributed by atoms with E-state index in [1.54, 1.807) is 7.11 Å². The van der Waals surface area contributed by atoms with Crippen molar-refractivity contribution in [3.05, 3.63) is 0 Å². The molecule has 1 fully saturated rings. The minimum atomic E-state index is -0.316. The van der Waals surface area contributed by atoms with Crippen LogP contribution >= 0.6 is 0 Å². The topological polar surface area (TPSA) is 78.3 Å². The van der Waals surface area contributed by atoms with Crippen LogP contribution in [-0.2, 0) is 9.53 Å². The molecule has 1 amide bonds. The summed E-state index contributed by atoms with van der Waals surface area (Å²) in [7, 11) is 1.69. The van der Waals surface area contributed by atoms with Gasteiger partial charge in [0.1, 0.15) is 0 Å². The molecule has 4 N–H and O–H groups in total. The zero-order chi connectivity index (χ0) is 9.14. The summed E-state index contributed by atoms with van der Waals surface area (Å²) in [5.74, 6) is 0.103. The molecule has 0 heterocycles. The smallest absolute Gasteiger partial charge is 0.218 e. The quantitative estimate of drug-likeness (QED) is 0.606. The summed E-state index contributed by atoms with van der Waals surface area (Å²) in [5, 5.41) is 0. The van der Waals surface area contributed by atoms with Gasteiger partial charge in [0.15, 0.2) is 0 Å². The van der Waals surface area contributed by atoms with Crippen molar-refractivity contribution >= 4 is 5.91 Å². The summed E-state index contributed by atoms with van der Waals surface area (Å²) in [4.78, 5) is 10.5. The Balaban J connectivity index is 2.19. The van der Waals surface area contributed by atoms with Crippen molar-refractivity contribution in [2.24, 2.45) is 17.4 Å². The highest BCUT2D eigenvalue weighted by Gasteiger charge is 2.33. The molecule has 0 bridgehead atoms. The lowest BCUT2D eigenvalue weighted by molar-refractivity contribution is -0.119. The Morgan fingerprint density at radius 2 is 2.25 bits per heavy atom. The van der Waals surface area contributed by atoms with Crippen LogP contribution in [0.2, 0.25) is 0 Å². The molecular formula is C8H16N2O2. The van der Waals surface area contributed by atoms with Gasteiger partial charge >= 0.3 is 0 Å². The van der Waals surface area contributed by atoms with Crippen molar-refractivity contribution in [1.29, 1.82) is 0 Å². The Bertz CT molecular complexity index is 166. The van der Waals surface area contributed by atoms with Crippen LogP contribution in [0.3, 0.4) is 0 Å². The summed E-state index contributed by atoms with van der Waals surface area (Å²) in [6.45, 7) is 0. The zero-order valence-electron chi connectivity index (χ0n) is 7.32. The number of ether oxygens (including phenoxy) is 1. The summed E-state index contributed by atoms with van der Waals surface area (Å²) >= 11 is 0. The third-order valence-electron chi connectivity index (χ3n) is 2.51. The number of rotatable bonds is 4. The van der Waals surface area contributed by atoms with Crippen LogP contribution in [-0.4, -0.2) is 25.2 Å². The van der Waals surface area contributed by atoms with Crippen LogP contribution in [0.15, 0.2) is 0 Å². The number of methoxy groups -OCH3 is 1. The number of primary amides is 1. The van der Waals surface area contributed by atoms with Gasteiger partial charge in [-0.3, -0.25) is 4.79 Å². The average Bonchev–Trinajstić information content (AvgIpc) is 1.82. The Hall–Kier alpha value is -0.610. The second-order valence-electron chi connectivity index (χ2n) is 3.42. The molecule has 70 valence electrons. The Labute approximate surface area is 72.2 Å². The average molecular weight is 172 g/mol. The first-order valence-electron chi connectivity index (χ1n) is 4.20. The standard InChI is InChI=1S/C8H16N2O2/c1-12-6-2-5(3-6)7(9)4-8(10)11/h5-7H,2-4,9H2,1H3,(H2,10,11)/t5?,6?,7-/m1/s1. The molecule has 1 aliphatic carbocycles. The first-order valence-corrected chi connectivity index (χ1v) is 4.20. The van der Waals surface area contributed by atoms with Gasteiger partial charge in [0.25, 0.3) is 0 Å². The lowest BCUT2D eigenvalue weighted by atomic mass is 9.76. The molecule has 0 radical (unpaired) electrons. The molecule has 1 rings (SSSR count). The van der Waals surface area contributed by atoms with Crippen molar-refractivity contribution in [1.82, 2.24) is 0 Å². The number of carbonyl (C=O) groups excluding carboxylic acids is 1. The fraction of sp³-hybridized carbons (Fsp3) is 0.875. The SMILES string of the molecule is COC1CC([C@H](N)CC(N)=O)C1. The maximum Gasteiger partial charge on any atom is 0.218 e. The highest BCUT2D eigenvalue weighted by molar-refractivity contribution is 5.74. The number of amides is 1. The Morgan fingerprint density at radius 1 is 1.67 bits per heavy atom. The van der Waals surface area contributed by atoms with E-state index >= 15 is 0 Å². The highest BCUT2D eigenvalue weighted by Crippen LogP contribution is 2.32. The van der Waals surface area contributed by atoms with Gasteiger partial charge in [-0.15, -0.1) is 0 Å². The lowest BCUT2D eigenvalue weighted by Crippen LogP contribution is -2.44. The van der Waals surface area contributed by atoms with Gasteiger partial charge in [-0.25, -0.2) is 0 Å². The molecule has 0 unspecified atom stereocenters. The van der Waals surface area contributed by atoms with Crippen LogP contribution < -0.4 is 11.5 Å². The summed E-state index contributed by atoms with van der Waals surface area (Å²) in [5.41, 5.74) is 10.8. The Morgan fingerprint density at radius 3 is 2.67 bits per heavy atom. The molecule has 0 saturated heterocycles. The van der Waals surface area contributed by atoms with Crippen molar-refractivity contribution < 1.29 is 9.53 Å². The number of carbonyl (C=O) groups is 1. The third-order valence-corrected chi connectivity index (χ3v) is 2.51. The summed E-state index contributed by atoms with van der Waals surface area (Å²) < 4.78 is 5.10. The van der Waals surface area contributed by atoms with Gasteiger partial charge in [0.05, 0.1) is 6.10 Å². The van der Waals surface area contributed by atoms with Crippen molar-refractivity contribution in [2.45, 2.75) is 31.4 Å². The summed E-state index contributed by atoms with van der Waals surface area (Å²) in [6.07, 6.45) is 2.56. The van der Waals surface area contributed by atoms with E-state index in [9.17, 15) is 4.79 Å². The number of hydrogen-bond donors (Lipinski definition) is 2. The van der Waals surface area contributed by atoms with Gasteiger partial charge in [-0.2, -0.15) is 0 Å². The van der Waals surface area contributed by atoms with Gasteiger partial charge in [0, 0.05) is 19.6 Å². The maximum absolute atomic E-state index is 10.5. The fourth-order valence-corrected chi connectivity index (χ4v) is 1.55. The van der Waals surface area contributed by atoms with E-state index in [0.717, 1.165) is 12.8 Å². The van der Waals surface area contributed by atoms with E-state index in [1.165, 1.54) is 0 Å². The molecule has 0 aromatic carbocycles. The predicted molar refractivity (Wildman–Crippen MR) is 45.3 cm³/mol. The molecule has 0 aliphatic heterocycles. The van der Waals surface area contributed by atoms with E-state index < -0.39 is 0 Å². The number of nitrogens with two attached hydrogens (primary N) is 2. The van der Waals surface area contributed by atoms with E-state index in [4.69, 9.17) is 16.2 Å². The fourth-order valence-electron chi connectivity index (χ4n) is 1.55. The molecule has 4 heteroatoms. The van der Waals surface area contributed by atoms with Crippen LogP contribution in [0.5, 0.6) is 0 Å². The predicted octanol–water partition coefficient (Wildman–Crippen LogP) is -0.386. The molecule has 0 spiro atoms. The monoisotopic (exact) mass is 172 g/mol. The summed E-state index contributed by atoms with van der Waals surface area (Å²) in [6, 6.07) is -0.0751. The van der Waals surface area contributed by atoms with Crippen LogP contribution in [0, 0.1) is 5.92 Å². The molecule has 1 atom stereocenters. The van der Waals surface area contributed by atoms with Gasteiger partial charge in [-0.1, -0.05) is 0 Å².